The van der Waals surface area contributed by atoms with Gasteiger partial charge in [-0.3, -0.25) is 9.59 Å². The fourth-order valence-electron chi connectivity index (χ4n) is 4.44. The van der Waals surface area contributed by atoms with Gasteiger partial charge in [0.1, 0.15) is 11.5 Å². The van der Waals surface area contributed by atoms with Gasteiger partial charge in [-0.05, 0) is 50.2 Å². The van der Waals surface area contributed by atoms with Crippen molar-refractivity contribution in [1.29, 1.82) is 0 Å². The molecule has 1 atom stereocenters. The lowest BCUT2D eigenvalue weighted by Crippen LogP contribution is -2.38. The highest BCUT2D eigenvalue weighted by Crippen LogP contribution is 2.41. The molecule has 34 heavy (non-hydrogen) atoms. The average molecular weight is 488 g/mol. The summed E-state index contributed by atoms with van der Waals surface area (Å²) in [4.78, 5) is 45.1. The molecule has 1 fully saturated rings. The van der Waals surface area contributed by atoms with E-state index in [1.165, 1.54) is 12.0 Å². The number of halogens is 1. The molecule has 1 aliphatic heterocycles. The third kappa shape index (κ3) is 4.60. The van der Waals surface area contributed by atoms with E-state index in [4.69, 9.17) is 16.3 Å². The van der Waals surface area contributed by atoms with Crippen molar-refractivity contribution < 1.29 is 24.2 Å². The van der Waals surface area contributed by atoms with E-state index in [2.05, 4.69) is 9.88 Å². The minimum absolute atomic E-state index is 0.0199. The number of ether oxygens (including phenoxy) is 1. The quantitative estimate of drug-likeness (QED) is 0.254. The molecule has 2 N–H and O–H groups in total. The Hall–Kier alpha value is -3.10. The summed E-state index contributed by atoms with van der Waals surface area (Å²) in [6, 6.07) is 6.07. The third-order valence-corrected chi connectivity index (χ3v) is 6.59. The Morgan fingerprint density at radius 1 is 1.18 bits per heavy atom. The predicted molar refractivity (Wildman–Crippen MR) is 130 cm³/mol. The maximum Gasteiger partial charge on any atom is 0.354 e. The molecule has 0 radical (unpaired) electrons. The van der Waals surface area contributed by atoms with Crippen molar-refractivity contribution in [3.63, 3.8) is 0 Å². The van der Waals surface area contributed by atoms with E-state index in [1.807, 2.05) is 13.8 Å². The van der Waals surface area contributed by atoms with Crippen LogP contribution >= 0.6 is 11.6 Å². The van der Waals surface area contributed by atoms with Crippen LogP contribution in [0.2, 0.25) is 5.02 Å². The monoisotopic (exact) mass is 487 g/mol. The molecule has 8 nitrogen and oxygen atoms in total. The van der Waals surface area contributed by atoms with Gasteiger partial charge in [-0.2, -0.15) is 0 Å². The van der Waals surface area contributed by atoms with Crippen LogP contribution in [0.25, 0.3) is 5.76 Å². The van der Waals surface area contributed by atoms with E-state index in [0.717, 1.165) is 13.1 Å². The van der Waals surface area contributed by atoms with Crippen LogP contribution in [0.15, 0.2) is 29.8 Å². The summed E-state index contributed by atoms with van der Waals surface area (Å²) in [6.45, 7) is 9.91. The van der Waals surface area contributed by atoms with Crippen molar-refractivity contribution in [2.75, 3.05) is 33.3 Å². The number of aromatic amines is 1. The SMILES string of the molecule is CCN(CC)CCN1C(=O)C(=O)/C(=C(/O)c2c(C)[nH]c(C(=O)OC)c2C)[C@H]1c1ccc(Cl)cc1. The van der Waals surface area contributed by atoms with Crippen LogP contribution in [0, 0.1) is 13.8 Å². The molecule has 9 heteroatoms. The lowest BCUT2D eigenvalue weighted by molar-refractivity contribution is -0.140. The van der Waals surface area contributed by atoms with Crippen molar-refractivity contribution >= 4 is 35.0 Å². The molecule has 1 aromatic heterocycles. The number of nitrogens with one attached hydrogen (secondary N) is 1. The Morgan fingerprint density at radius 3 is 2.35 bits per heavy atom. The van der Waals surface area contributed by atoms with Crippen molar-refractivity contribution in [3.05, 3.63) is 62.9 Å². The zero-order chi connectivity index (χ0) is 25.2. The summed E-state index contributed by atoms with van der Waals surface area (Å²) >= 11 is 6.07. The van der Waals surface area contributed by atoms with Gasteiger partial charge in [-0.15, -0.1) is 0 Å². The maximum atomic E-state index is 13.2. The molecule has 0 saturated carbocycles. The number of Topliss-reactive ketones (excluding diaryl/α,β-unsaturated/α-hetero) is 1. The first-order valence-corrected chi connectivity index (χ1v) is 11.6. The Balaban J connectivity index is 2.17. The molecular weight excluding hydrogens is 458 g/mol. The number of hydrogen-bond donors (Lipinski definition) is 2. The van der Waals surface area contributed by atoms with Gasteiger partial charge in [-0.25, -0.2) is 4.79 Å². The van der Waals surface area contributed by atoms with Gasteiger partial charge in [-0.1, -0.05) is 37.6 Å². The second-order valence-electron chi connectivity index (χ2n) is 8.19. The number of aromatic nitrogens is 1. The molecule has 2 aromatic rings. The largest absolute Gasteiger partial charge is 0.507 e. The second kappa shape index (κ2) is 10.4. The van der Waals surface area contributed by atoms with Gasteiger partial charge in [0.15, 0.2) is 0 Å². The Kier molecular flexibility index (Phi) is 7.84. The minimum Gasteiger partial charge on any atom is -0.507 e. The van der Waals surface area contributed by atoms with Crippen LogP contribution in [0.5, 0.6) is 0 Å². The molecule has 1 aromatic carbocycles. The van der Waals surface area contributed by atoms with Gasteiger partial charge in [0.25, 0.3) is 11.7 Å². The second-order valence-corrected chi connectivity index (χ2v) is 8.62. The molecule has 0 aliphatic carbocycles. The highest BCUT2D eigenvalue weighted by Gasteiger charge is 2.46. The van der Waals surface area contributed by atoms with Crippen molar-refractivity contribution in [3.8, 4) is 0 Å². The third-order valence-electron chi connectivity index (χ3n) is 6.34. The normalized spacial score (nSPS) is 17.6. The number of carbonyl (C=O) groups is 3. The predicted octanol–water partition coefficient (Wildman–Crippen LogP) is 3.84. The Bertz CT molecular complexity index is 1130. The first-order valence-electron chi connectivity index (χ1n) is 11.2. The van der Waals surface area contributed by atoms with Crippen LogP contribution < -0.4 is 0 Å². The standard InChI is InChI=1S/C25H30ClN3O5/c1-6-28(7-2)12-13-29-21(16-8-10-17(26)11-9-16)19(23(31)24(29)32)22(30)18-14(3)20(25(33)34-5)27-15(18)4/h8-11,21,27,30H,6-7,12-13H2,1-5H3/b22-19+/t21-/m1/s1. The van der Waals surface area contributed by atoms with Crippen LogP contribution in [-0.2, 0) is 14.3 Å². The first kappa shape index (κ1) is 25.5. The number of ketones is 1. The highest BCUT2D eigenvalue weighted by molar-refractivity contribution is 6.46. The summed E-state index contributed by atoms with van der Waals surface area (Å²) in [5.41, 5.74) is 2.05. The number of amides is 1. The number of H-pyrrole nitrogens is 1. The zero-order valence-electron chi connectivity index (χ0n) is 20.1. The van der Waals surface area contributed by atoms with Gasteiger partial charge in [0.05, 0.1) is 18.7 Å². The number of benzene rings is 1. The molecule has 0 bridgehead atoms. The molecule has 1 amide bonds. The molecule has 0 unspecified atom stereocenters. The van der Waals surface area contributed by atoms with Crippen molar-refractivity contribution in [2.24, 2.45) is 0 Å². The van der Waals surface area contributed by atoms with E-state index in [1.54, 1.807) is 38.1 Å². The Morgan fingerprint density at radius 2 is 1.79 bits per heavy atom. The van der Waals surface area contributed by atoms with Crippen molar-refractivity contribution in [1.82, 2.24) is 14.8 Å². The summed E-state index contributed by atoms with van der Waals surface area (Å²) < 4.78 is 4.81. The molecule has 3 rings (SSSR count). The zero-order valence-corrected chi connectivity index (χ0v) is 20.8. The minimum atomic E-state index is -0.789. The topological polar surface area (TPSA) is 103 Å². The number of carbonyl (C=O) groups excluding carboxylic acids is 3. The average Bonchev–Trinajstić information content (AvgIpc) is 3.26. The number of likely N-dealkylation sites (N-methyl/N-ethyl adjacent to an activating group) is 1. The molecule has 182 valence electrons. The van der Waals surface area contributed by atoms with Crippen molar-refractivity contribution in [2.45, 2.75) is 33.7 Å². The van der Waals surface area contributed by atoms with Gasteiger partial charge in [0, 0.05) is 29.4 Å². The number of hydrogen-bond acceptors (Lipinski definition) is 6. The Labute approximate surface area is 204 Å². The summed E-state index contributed by atoms with van der Waals surface area (Å²) in [6.07, 6.45) is 0. The van der Waals surface area contributed by atoms with E-state index in [9.17, 15) is 19.5 Å². The first-order chi connectivity index (χ1) is 16.2. The van der Waals surface area contributed by atoms with E-state index >= 15 is 0 Å². The summed E-state index contributed by atoms with van der Waals surface area (Å²) in [7, 11) is 1.26. The highest BCUT2D eigenvalue weighted by atomic mass is 35.5. The number of aliphatic hydroxyl groups is 1. The lowest BCUT2D eigenvalue weighted by atomic mass is 9.94. The smallest absolute Gasteiger partial charge is 0.354 e. The number of rotatable bonds is 8. The molecule has 0 spiro atoms. The van der Waals surface area contributed by atoms with Gasteiger partial charge < -0.3 is 24.6 Å². The van der Waals surface area contributed by atoms with Gasteiger partial charge in [0.2, 0.25) is 0 Å². The molecule has 1 aliphatic rings. The van der Waals surface area contributed by atoms with Crippen LogP contribution in [0.1, 0.15) is 52.8 Å². The molecule has 2 heterocycles. The number of nitrogens with zero attached hydrogens (tertiary/aromatic N) is 2. The van der Waals surface area contributed by atoms with E-state index in [-0.39, 0.29) is 17.0 Å². The number of esters is 1. The fourth-order valence-corrected chi connectivity index (χ4v) is 4.56. The maximum absolute atomic E-state index is 13.2. The summed E-state index contributed by atoms with van der Waals surface area (Å²) in [5, 5.41) is 11.9. The number of aliphatic hydroxyl groups excluding tert-OH is 1. The van der Waals surface area contributed by atoms with E-state index < -0.39 is 23.7 Å². The number of aryl methyl sites for hydroxylation is 1. The molecule has 1 saturated heterocycles. The van der Waals surface area contributed by atoms with E-state index in [0.29, 0.717) is 40.5 Å². The fraction of sp³-hybridized carbons (Fsp3) is 0.400. The summed E-state index contributed by atoms with van der Waals surface area (Å²) in [5.74, 6) is -2.36. The lowest BCUT2D eigenvalue weighted by Gasteiger charge is -2.28. The molecular formula is C25H30ClN3O5. The van der Waals surface area contributed by atoms with Gasteiger partial charge >= 0.3 is 5.97 Å². The number of methoxy groups -OCH3 is 1. The van der Waals surface area contributed by atoms with Crippen LogP contribution in [0.4, 0.5) is 0 Å². The number of likely N-dealkylation sites (tertiary alicyclic amines) is 1. The van der Waals surface area contributed by atoms with Crippen LogP contribution in [0.3, 0.4) is 0 Å². The van der Waals surface area contributed by atoms with Crippen LogP contribution in [-0.4, -0.2) is 70.8 Å².